The number of hydrogen-bond donors (Lipinski definition) is 1. The summed E-state index contributed by atoms with van der Waals surface area (Å²) in [6, 6.07) is 0. The van der Waals surface area contributed by atoms with Crippen LogP contribution in [0.3, 0.4) is 0 Å². The Balaban J connectivity index is 2.30. The van der Waals surface area contributed by atoms with E-state index in [-0.39, 0.29) is 11.2 Å². The van der Waals surface area contributed by atoms with Crippen LogP contribution in [0.25, 0.3) is 0 Å². The monoisotopic (exact) mass is 235 g/mol. The highest BCUT2D eigenvalue weighted by molar-refractivity contribution is 7.89. The third kappa shape index (κ3) is 4.49. The summed E-state index contributed by atoms with van der Waals surface area (Å²) < 4.78 is 30.6. The van der Waals surface area contributed by atoms with Crippen molar-refractivity contribution in [3.63, 3.8) is 0 Å². The van der Waals surface area contributed by atoms with E-state index in [2.05, 4.69) is 4.72 Å². The molecule has 0 bridgehead atoms. The van der Waals surface area contributed by atoms with Crippen molar-refractivity contribution in [2.75, 3.05) is 26.0 Å². The molecule has 4 nitrogen and oxygen atoms in total. The summed E-state index contributed by atoms with van der Waals surface area (Å²) in [5.41, 5.74) is 0.191. The van der Waals surface area contributed by atoms with E-state index in [0.29, 0.717) is 13.0 Å². The van der Waals surface area contributed by atoms with Crippen molar-refractivity contribution in [1.29, 1.82) is 0 Å². The third-order valence-electron chi connectivity index (χ3n) is 2.93. The molecule has 1 saturated carbocycles. The Bertz CT molecular complexity index is 283. The van der Waals surface area contributed by atoms with Gasteiger partial charge in [0.15, 0.2) is 0 Å². The lowest BCUT2D eigenvalue weighted by molar-refractivity contribution is 0.173. The molecular formula is C10H21NO3S. The van der Waals surface area contributed by atoms with Gasteiger partial charge in [-0.15, -0.1) is 0 Å². The van der Waals surface area contributed by atoms with Gasteiger partial charge in [-0.25, -0.2) is 13.1 Å². The minimum atomic E-state index is -3.04. The van der Waals surface area contributed by atoms with Gasteiger partial charge in [0, 0.05) is 20.3 Å². The maximum atomic E-state index is 11.4. The van der Waals surface area contributed by atoms with Gasteiger partial charge in [0.1, 0.15) is 0 Å². The second kappa shape index (κ2) is 5.27. The first-order valence-corrected chi connectivity index (χ1v) is 7.15. The maximum absolute atomic E-state index is 11.4. The smallest absolute Gasteiger partial charge is 0.211 e. The van der Waals surface area contributed by atoms with Gasteiger partial charge in [0.25, 0.3) is 0 Å². The number of nitrogens with one attached hydrogen (secondary N) is 1. The number of sulfonamides is 1. The van der Waals surface area contributed by atoms with E-state index < -0.39 is 10.0 Å². The molecular weight excluding hydrogens is 214 g/mol. The zero-order valence-corrected chi connectivity index (χ0v) is 10.4. The Kier molecular flexibility index (Phi) is 4.55. The van der Waals surface area contributed by atoms with Crippen molar-refractivity contribution in [2.45, 2.75) is 32.6 Å². The van der Waals surface area contributed by atoms with Crippen molar-refractivity contribution in [2.24, 2.45) is 5.41 Å². The van der Waals surface area contributed by atoms with E-state index in [1.54, 1.807) is 7.11 Å². The molecule has 1 N–H and O–H groups in total. The highest BCUT2D eigenvalue weighted by Gasteiger charge is 2.42. The van der Waals surface area contributed by atoms with Crippen molar-refractivity contribution in [1.82, 2.24) is 4.72 Å². The van der Waals surface area contributed by atoms with E-state index in [1.807, 2.05) is 6.92 Å². The Morgan fingerprint density at radius 2 is 2.07 bits per heavy atom. The molecule has 0 heterocycles. The van der Waals surface area contributed by atoms with Crippen LogP contribution in [-0.2, 0) is 14.8 Å². The third-order valence-corrected chi connectivity index (χ3v) is 4.46. The lowest BCUT2D eigenvalue weighted by atomic mass is 10.0. The number of methoxy groups -OCH3 is 1. The predicted octanol–water partition coefficient (Wildman–Crippen LogP) is 1.13. The summed E-state index contributed by atoms with van der Waals surface area (Å²) in [4.78, 5) is 0. The van der Waals surface area contributed by atoms with Gasteiger partial charge >= 0.3 is 0 Å². The molecule has 0 spiro atoms. The largest absolute Gasteiger partial charge is 0.385 e. The van der Waals surface area contributed by atoms with E-state index in [1.165, 1.54) is 0 Å². The second-order valence-corrected chi connectivity index (χ2v) is 6.31. The topological polar surface area (TPSA) is 55.4 Å². The number of rotatable bonds is 8. The van der Waals surface area contributed by atoms with Crippen LogP contribution >= 0.6 is 0 Å². The number of hydrogen-bond acceptors (Lipinski definition) is 3. The maximum Gasteiger partial charge on any atom is 0.211 e. The summed E-state index contributed by atoms with van der Waals surface area (Å²) in [6.07, 6.45) is 3.86. The van der Waals surface area contributed by atoms with E-state index in [4.69, 9.17) is 4.74 Å². The molecule has 0 aromatic rings. The highest BCUT2D eigenvalue weighted by atomic mass is 32.2. The SMILES string of the molecule is CCCS(=O)(=O)NCC1(CCOC)CC1. The Morgan fingerprint density at radius 1 is 1.40 bits per heavy atom. The molecule has 1 fully saturated rings. The van der Waals surface area contributed by atoms with Crippen molar-refractivity contribution < 1.29 is 13.2 Å². The molecule has 0 saturated heterocycles. The second-order valence-electron chi connectivity index (χ2n) is 4.38. The Labute approximate surface area is 92.4 Å². The predicted molar refractivity (Wildman–Crippen MR) is 60.2 cm³/mol. The summed E-state index contributed by atoms with van der Waals surface area (Å²) in [5, 5.41) is 0. The average Bonchev–Trinajstić information content (AvgIpc) is 2.93. The minimum absolute atomic E-state index is 0.191. The van der Waals surface area contributed by atoms with Crippen LogP contribution in [0.1, 0.15) is 32.6 Å². The minimum Gasteiger partial charge on any atom is -0.385 e. The standard InChI is InChI=1S/C10H21NO3S/c1-3-8-15(12,13)11-9-10(4-5-10)6-7-14-2/h11H,3-9H2,1-2H3. The van der Waals surface area contributed by atoms with E-state index in [0.717, 1.165) is 25.9 Å². The highest BCUT2D eigenvalue weighted by Crippen LogP contribution is 2.48. The molecule has 0 aromatic heterocycles. The Hall–Kier alpha value is -0.130. The van der Waals surface area contributed by atoms with Gasteiger partial charge in [0.2, 0.25) is 10.0 Å². The summed E-state index contributed by atoms with van der Waals surface area (Å²) in [6.45, 7) is 3.17. The van der Waals surface area contributed by atoms with Crippen LogP contribution in [0.15, 0.2) is 0 Å². The van der Waals surface area contributed by atoms with Crippen LogP contribution in [-0.4, -0.2) is 34.4 Å². The first-order chi connectivity index (χ1) is 7.04. The first kappa shape index (κ1) is 12.9. The molecule has 15 heavy (non-hydrogen) atoms. The summed E-state index contributed by atoms with van der Waals surface area (Å²) in [5.74, 6) is 0.230. The molecule has 0 atom stereocenters. The fourth-order valence-corrected chi connectivity index (χ4v) is 2.82. The fourth-order valence-electron chi connectivity index (χ4n) is 1.61. The van der Waals surface area contributed by atoms with Crippen LogP contribution in [0, 0.1) is 5.41 Å². The zero-order valence-electron chi connectivity index (χ0n) is 9.58. The summed E-state index contributed by atoms with van der Waals surface area (Å²) >= 11 is 0. The molecule has 1 aliphatic rings. The molecule has 90 valence electrons. The lowest BCUT2D eigenvalue weighted by Gasteiger charge is -2.15. The molecule has 0 aliphatic heterocycles. The van der Waals surface area contributed by atoms with E-state index in [9.17, 15) is 8.42 Å². The van der Waals surface area contributed by atoms with E-state index >= 15 is 0 Å². The van der Waals surface area contributed by atoms with Crippen molar-refractivity contribution >= 4 is 10.0 Å². The van der Waals surface area contributed by atoms with Crippen LogP contribution < -0.4 is 4.72 Å². The van der Waals surface area contributed by atoms with Crippen molar-refractivity contribution in [3.05, 3.63) is 0 Å². The van der Waals surface area contributed by atoms with Gasteiger partial charge in [-0.3, -0.25) is 0 Å². The van der Waals surface area contributed by atoms with Gasteiger partial charge in [-0.2, -0.15) is 0 Å². The first-order valence-electron chi connectivity index (χ1n) is 5.50. The molecule has 5 heteroatoms. The lowest BCUT2D eigenvalue weighted by Crippen LogP contribution is -2.32. The molecule has 1 rings (SSSR count). The summed E-state index contributed by atoms with van der Waals surface area (Å²) in [7, 11) is -1.36. The Morgan fingerprint density at radius 3 is 2.53 bits per heavy atom. The van der Waals surface area contributed by atoms with Crippen LogP contribution in [0.5, 0.6) is 0 Å². The van der Waals surface area contributed by atoms with Gasteiger partial charge in [-0.1, -0.05) is 6.92 Å². The molecule has 0 unspecified atom stereocenters. The van der Waals surface area contributed by atoms with Gasteiger partial charge in [0.05, 0.1) is 5.75 Å². The molecule has 0 radical (unpaired) electrons. The molecule has 0 aromatic carbocycles. The molecule has 0 amide bonds. The fraction of sp³-hybridized carbons (Fsp3) is 1.00. The number of ether oxygens (including phenoxy) is 1. The molecule has 1 aliphatic carbocycles. The normalized spacial score (nSPS) is 19.1. The zero-order chi connectivity index (χ0) is 11.4. The quantitative estimate of drug-likeness (QED) is 0.686. The average molecular weight is 235 g/mol. The van der Waals surface area contributed by atoms with Crippen LogP contribution in [0.2, 0.25) is 0 Å². The van der Waals surface area contributed by atoms with Crippen molar-refractivity contribution in [3.8, 4) is 0 Å². The van der Waals surface area contributed by atoms with Gasteiger partial charge < -0.3 is 4.74 Å². The van der Waals surface area contributed by atoms with Crippen LogP contribution in [0.4, 0.5) is 0 Å². The van der Waals surface area contributed by atoms with Gasteiger partial charge in [-0.05, 0) is 31.1 Å².